The van der Waals surface area contributed by atoms with Crippen LogP contribution in [0.3, 0.4) is 0 Å². The summed E-state index contributed by atoms with van der Waals surface area (Å²) in [6.45, 7) is 3.73. The van der Waals surface area contributed by atoms with Gasteiger partial charge in [-0.15, -0.1) is 11.3 Å². The van der Waals surface area contributed by atoms with E-state index in [-0.39, 0.29) is 11.6 Å². The summed E-state index contributed by atoms with van der Waals surface area (Å²) in [5.74, 6) is -0.720. The first-order valence-electron chi connectivity index (χ1n) is 9.81. The molecule has 0 atom stereocenters. The normalized spacial score (nSPS) is 18.6. The number of rotatable bonds is 4. The highest BCUT2D eigenvalue weighted by atomic mass is 35.5. The van der Waals surface area contributed by atoms with E-state index in [2.05, 4.69) is 20.7 Å². The van der Waals surface area contributed by atoms with Crippen molar-refractivity contribution in [2.24, 2.45) is 0 Å². The van der Waals surface area contributed by atoms with Gasteiger partial charge < -0.3 is 14.4 Å². The van der Waals surface area contributed by atoms with Crippen LogP contribution in [-0.4, -0.2) is 56.3 Å². The molecule has 10 heteroatoms. The SMILES string of the molecule is O=C(NNC(=O)C1(c2ccc(Cl)cc2)CCOCC1)c1csc(N2CCOCC2)n1. The average Bonchev–Trinajstić information content (AvgIpc) is 3.29. The standard InChI is InChI=1S/C20H23ClN4O4S/c21-15-3-1-14(2-4-15)20(5-9-28-10-6-20)18(27)24-23-17(26)16-13-30-19(22-16)25-7-11-29-12-8-25/h1-4,13H,5-12H2,(H,23,26)(H,24,27). The maximum atomic E-state index is 13.1. The molecule has 0 radical (unpaired) electrons. The molecule has 2 saturated heterocycles. The predicted octanol–water partition coefficient (Wildman–Crippen LogP) is 2.14. The molecule has 30 heavy (non-hydrogen) atoms. The van der Waals surface area contributed by atoms with Gasteiger partial charge in [0.2, 0.25) is 5.91 Å². The highest BCUT2D eigenvalue weighted by molar-refractivity contribution is 7.13. The van der Waals surface area contributed by atoms with E-state index >= 15 is 0 Å². The average molecular weight is 451 g/mol. The van der Waals surface area contributed by atoms with Gasteiger partial charge in [0.1, 0.15) is 5.69 Å². The first-order chi connectivity index (χ1) is 14.6. The lowest BCUT2D eigenvalue weighted by Crippen LogP contribution is -2.53. The van der Waals surface area contributed by atoms with Crippen LogP contribution in [-0.2, 0) is 19.7 Å². The summed E-state index contributed by atoms with van der Waals surface area (Å²) in [6.07, 6.45) is 1.04. The number of nitrogens with one attached hydrogen (secondary N) is 2. The van der Waals surface area contributed by atoms with E-state index in [0.29, 0.717) is 44.3 Å². The van der Waals surface area contributed by atoms with Gasteiger partial charge in [0.25, 0.3) is 5.91 Å². The van der Waals surface area contributed by atoms with Crippen molar-refractivity contribution in [2.75, 3.05) is 44.4 Å². The number of ether oxygens (including phenoxy) is 2. The quantitative estimate of drug-likeness (QED) is 0.693. The molecular formula is C20H23ClN4O4S. The molecule has 0 spiro atoms. The number of benzene rings is 1. The third kappa shape index (κ3) is 4.44. The lowest BCUT2D eigenvalue weighted by atomic mass is 9.73. The zero-order valence-electron chi connectivity index (χ0n) is 16.4. The molecule has 0 unspecified atom stereocenters. The summed E-state index contributed by atoms with van der Waals surface area (Å²) >= 11 is 7.41. The molecule has 2 aromatic rings. The summed E-state index contributed by atoms with van der Waals surface area (Å²) in [5.41, 5.74) is 5.46. The number of anilines is 1. The Morgan fingerprint density at radius 1 is 1.03 bits per heavy atom. The number of hydrogen-bond donors (Lipinski definition) is 2. The molecule has 2 fully saturated rings. The predicted molar refractivity (Wildman–Crippen MR) is 114 cm³/mol. The monoisotopic (exact) mass is 450 g/mol. The zero-order chi connectivity index (χ0) is 21.0. The lowest BCUT2D eigenvalue weighted by molar-refractivity contribution is -0.131. The largest absolute Gasteiger partial charge is 0.381 e. The number of carbonyl (C=O) groups is 2. The summed E-state index contributed by atoms with van der Waals surface area (Å²) in [5, 5.41) is 3.07. The molecule has 1 aromatic heterocycles. The van der Waals surface area contributed by atoms with Crippen LogP contribution < -0.4 is 15.8 Å². The lowest BCUT2D eigenvalue weighted by Gasteiger charge is -2.36. The van der Waals surface area contributed by atoms with Crippen LogP contribution in [0, 0.1) is 0 Å². The van der Waals surface area contributed by atoms with Gasteiger partial charge in [0, 0.05) is 36.7 Å². The molecule has 4 rings (SSSR count). The van der Waals surface area contributed by atoms with E-state index in [4.69, 9.17) is 21.1 Å². The molecule has 2 N–H and O–H groups in total. The Balaban J connectivity index is 1.42. The van der Waals surface area contributed by atoms with Gasteiger partial charge in [-0.05, 0) is 30.5 Å². The Labute approximate surface area is 183 Å². The van der Waals surface area contributed by atoms with Gasteiger partial charge >= 0.3 is 0 Å². The smallest absolute Gasteiger partial charge is 0.289 e. The topological polar surface area (TPSA) is 92.8 Å². The minimum absolute atomic E-state index is 0.273. The number of thiazole rings is 1. The van der Waals surface area contributed by atoms with Crippen LogP contribution >= 0.6 is 22.9 Å². The number of halogens is 1. The first kappa shape index (κ1) is 21.0. The molecule has 2 aliphatic heterocycles. The molecular weight excluding hydrogens is 428 g/mol. The van der Waals surface area contributed by atoms with E-state index in [9.17, 15) is 9.59 Å². The van der Waals surface area contributed by atoms with Crippen molar-refractivity contribution >= 4 is 39.9 Å². The molecule has 8 nitrogen and oxygen atoms in total. The van der Waals surface area contributed by atoms with Crippen molar-refractivity contribution in [1.82, 2.24) is 15.8 Å². The Hall–Kier alpha value is -2.20. The fourth-order valence-corrected chi connectivity index (χ4v) is 4.69. The number of nitrogens with zero attached hydrogens (tertiary/aromatic N) is 2. The summed E-state index contributed by atoms with van der Waals surface area (Å²) in [6, 6.07) is 7.24. The van der Waals surface area contributed by atoms with Crippen LogP contribution in [0.2, 0.25) is 5.02 Å². The highest BCUT2D eigenvalue weighted by Crippen LogP contribution is 2.35. The second kappa shape index (κ2) is 9.30. The second-order valence-electron chi connectivity index (χ2n) is 7.22. The molecule has 0 saturated carbocycles. The van der Waals surface area contributed by atoms with Gasteiger partial charge in [0.15, 0.2) is 5.13 Å². The number of morpholine rings is 1. The van der Waals surface area contributed by atoms with Crippen LogP contribution in [0.4, 0.5) is 5.13 Å². The number of aromatic nitrogens is 1. The maximum absolute atomic E-state index is 13.1. The van der Waals surface area contributed by atoms with Gasteiger partial charge in [-0.25, -0.2) is 4.98 Å². The third-order valence-corrected chi connectivity index (χ3v) is 6.63. The molecule has 2 amide bonds. The van der Waals surface area contributed by atoms with E-state index in [0.717, 1.165) is 23.8 Å². The molecule has 0 bridgehead atoms. The summed E-state index contributed by atoms with van der Waals surface area (Å²) in [4.78, 5) is 32.2. The highest BCUT2D eigenvalue weighted by Gasteiger charge is 2.42. The molecule has 3 heterocycles. The Morgan fingerprint density at radius 3 is 2.40 bits per heavy atom. The van der Waals surface area contributed by atoms with Crippen molar-refractivity contribution in [3.05, 3.63) is 45.9 Å². The second-order valence-corrected chi connectivity index (χ2v) is 8.50. The van der Waals surface area contributed by atoms with Gasteiger partial charge in [0.05, 0.1) is 18.6 Å². The van der Waals surface area contributed by atoms with Crippen molar-refractivity contribution in [2.45, 2.75) is 18.3 Å². The molecule has 0 aliphatic carbocycles. The molecule has 2 aliphatic rings. The van der Waals surface area contributed by atoms with E-state index in [1.807, 2.05) is 12.1 Å². The van der Waals surface area contributed by atoms with Gasteiger partial charge in [-0.2, -0.15) is 0 Å². The number of hydrazine groups is 1. The van der Waals surface area contributed by atoms with Crippen LogP contribution in [0.15, 0.2) is 29.6 Å². The third-order valence-electron chi connectivity index (χ3n) is 5.47. The minimum atomic E-state index is -0.781. The fourth-order valence-electron chi connectivity index (χ4n) is 3.70. The van der Waals surface area contributed by atoms with E-state index < -0.39 is 11.3 Å². The van der Waals surface area contributed by atoms with Crippen LogP contribution in [0.5, 0.6) is 0 Å². The van der Waals surface area contributed by atoms with E-state index in [1.165, 1.54) is 11.3 Å². The van der Waals surface area contributed by atoms with Crippen LogP contribution in [0.25, 0.3) is 0 Å². The van der Waals surface area contributed by atoms with Gasteiger partial charge in [-0.3, -0.25) is 20.4 Å². The Kier molecular flexibility index (Phi) is 6.52. The Bertz CT molecular complexity index is 892. The Morgan fingerprint density at radius 2 is 1.70 bits per heavy atom. The first-order valence-corrected chi connectivity index (χ1v) is 11.1. The van der Waals surface area contributed by atoms with Crippen molar-refractivity contribution in [3.8, 4) is 0 Å². The fraction of sp³-hybridized carbons (Fsp3) is 0.450. The van der Waals surface area contributed by atoms with Crippen molar-refractivity contribution in [3.63, 3.8) is 0 Å². The summed E-state index contributed by atoms with van der Waals surface area (Å²) < 4.78 is 10.8. The molecule has 160 valence electrons. The molecule has 1 aromatic carbocycles. The number of amides is 2. The number of carbonyl (C=O) groups excluding carboxylic acids is 2. The van der Waals surface area contributed by atoms with Crippen LogP contribution in [0.1, 0.15) is 28.9 Å². The zero-order valence-corrected chi connectivity index (χ0v) is 17.9. The van der Waals surface area contributed by atoms with Gasteiger partial charge in [-0.1, -0.05) is 23.7 Å². The maximum Gasteiger partial charge on any atom is 0.289 e. The minimum Gasteiger partial charge on any atom is -0.381 e. The van der Waals surface area contributed by atoms with Crippen molar-refractivity contribution in [1.29, 1.82) is 0 Å². The van der Waals surface area contributed by atoms with Crippen molar-refractivity contribution < 1.29 is 19.1 Å². The number of hydrogen-bond acceptors (Lipinski definition) is 7. The van der Waals surface area contributed by atoms with E-state index in [1.54, 1.807) is 17.5 Å². The summed E-state index contributed by atoms with van der Waals surface area (Å²) in [7, 11) is 0.